The van der Waals surface area contributed by atoms with Crippen LogP contribution in [0.15, 0.2) is 47.6 Å². The van der Waals surface area contributed by atoms with Crippen LogP contribution in [0.4, 0.5) is 5.69 Å². The summed E-state index contributed by atoms with van der Waals surface area (Å²) in [6.45, 7) is 0. The Hall–Kier alpha value is -2.12. The number of hydrogen-bond acceptors (Lipinski definition) is 4. The molecular formula is C13H12ClN3O3S. The topological polar surface area (TPSA) is 102 Å². The van der Waals surface area contributed by atoms with Crippen molar-refractivity contribution in [3.05, 3.63) is 53.3 Å². The molecule has 0 saturated heterocycles. The van der Waals surface area contributed by atoms with Gasteiger partial charge in [-0.1, -0.05) is 29.8 Å². The van der Waals surface area contributed by atoms with Gasteiger partial charge in [0, 0.05) is 12.4 Å². The molecule has 0 atom stereocenters. The van der Waals surface area contributed by atoms with Gasteiger partial charge in [0.05, 0.1) is 17.1 Å². The van der Waals surface area contributed by atoms with E-state index in [1.165, 1.54) is 12.3 Å². The molecule has 0 spiro atoms. The third-order valence-electron chi connectivity index (χ3n) is 2.65. The van der Waals surface area contributed by atoms with Crippen LogP contribution in [0.1, 0.15) is 5.56 Å². The lowest BCUT2D eigenvalue weighted by molar-refractivity contribution is -0.117. The fraction of sp³-hybridized carbons (Fsp3) is 0.0769. The van der Waals surface area contributed by atoms with Gasteiger partial charge in [0.15, 0.2) is 0 Å². The number of pyridine rings is 1. The Morgan fingerprint density at radius 2 is 2.00 bits per heavy atom. The lowest BCUT2D eigenvalue weighted by Gasteiger charge is -2.12. The van der Waals surface area contributed by atoms with Crippen LogP contribution in [0.5, 0.6) is 0 Å². The summed E-state index contributed by atoms with van der Waals surface area (Å²) >= 11 is 5.87. The van der Waals surface area contributed by atoms with E-state index < -0.39 is 15.9 Å². The maximum absolute atomic E-state index is 12.3. The Morgan fingerprint density at radius 3 is 2.67 bits per heavy atom. The number of halogens is 1. The first-order chi connectivity index (χ1) is 9.90. The summed E-state index contributed by atoms with van der Waals surface area (Å²) in [4.78, 5) is 14.6. The molecule has 0 bridgehead atoms. The largest absolute Gasteiger partial charge is 0.369 e. The van der Waals surface area contributed by atoms with Gasteiger partial charge in [0.2, 0.25) is 5.91 Å². The van der Waals surface area contributed by atoms with Gasteiger partial charge in [0.1, 0.15) is 4.90 Å². The summed E-state index contributed by atoms with van der Waals surface area (Å²) in [5.41, 5.74) is 5.90. The summed E-state index contributed by atoms with van der Waals surface area (Å²) < 4.78 is 27.0. The van der Waals surface area contributed by atoms with Crippen molar-refractivity contribution in [1.82, 2.24) is 4.98 Å². The van der Waals surface area contributed by atoms with Crippen LogP contribution >= 0.6 is 11.6 Å². The molecule has 0 radical (unpaired) electrons. The molecule has 1 amide bonds. The van der Waals surface area contributed by atoms with Crippen molar-refractivity contribution in [2.24, 2.45) is 5.73 Å². The maximum Gasteiger partial charge on any atom is 0.264 e. The zero-order valence-electron chi connectivity index (χ0n) is 10.8. The number of amides is 1. The van der Waals surface area contributed by atoms with Gasteiger partial charge in [0.25, 0.3) is 10.0 Å². The number of primary amides is 1. The SMILES string of the molecule is NC(=O)Cc1ccccc1NS(=O)(=O)c1cnccc1Cl. The summed E-state index contributed by atoms with van der Waals surface area (Å²) in [5.74, 6) is -0.555. The van der Waals surface area contributed by atoms with Crippen molar-refractivity contribution in [3.63, 3.8) is 0 Å². The Bertz CT molecular complexity index is 778. The monoisotopic (exact) mass is 325 g/mol. The Kier molecular flexibility index (Phi) is 4.44. The molecule has 1 aromatic carbocycles. The minimum Gasteiger partial charge on any atom is -0.369 e. The maximum atomic E-state index is 12.3. The molecule has 0 saturated carbocycles. The Balaban J connectivity index is 2.38. The van der Waals surface area contributed by atoms with Crippen LogP contribution in [0, 0.1) is 0 Å². The average Bonchev–Trinajstić information content (AvgIpc) is 2.40. The van der Waals surface area contributed by atoms with Crippen molar-refractivity contribution < 1.29 is 13.2 Å². The molecule has 8 heteroatoms. The number of anilines is 1. The number of aromatic nitrogens is 1. The molecule has 2 aromatic rings. The molecule has 0 unspecified atom stereocenters. The van der Waals surface area contributed by atoms with Gasteiger partial charge in [-0.3, -0.25) is 14.5 Å². The third kappa shape index (κ3) is 3.71. The van der Waals surface area contributed by atoms with Crippen LogP contribution < -0.4 is 10.5 Å². The molecule has 0 aliphatic rings. The number of sulfonamides is 1. The molecule has 0 aliphatic carbocycles. The van der Waals surface area contributed by atoms with Gasteiger partial charge < -0.3 is 5.73 Å². The number of hydrogen-bond donors (Lipinski definition) is 2. The second-order valence-electron chi connectivity index (χ2n) is 4.21. The smallest absolute Gasteiger partial charge is 0.264 e. The van der Waals surface area contributed by atoms with E-state index >= 15 is 0 Å². The zero-order chi connectivity index (χ0) is 15.5. The number of nitrogens with two attached hydrogens (primary N) is 1. The summed E-state index contributed by atoms with van der Waals surface area (Å²) in [6.07, 6.45) is 2.48. The molecule has 3 N–H and O–H groups in total. The average molecular weight is 326 g/mol. The first-order valence-corrected chi connectivity index (χ1v) is 7.75. The number of carbonyl (C=O) groups excluding carboxylic acids is 1. The summed E-state index contributed by atoms with van der Waals surface area (Å²) in [5, 5.41) is 0.0601. The number of nitrogens with one attached hydrogen (secondary N) is 1. The molecule has 0 aliphatic heterocycles. The Labute approximate surface area is 127 Å². The van der Waals surface area contributed by atoms with E-state index in [9.17, 15) is 13.2 Å². The molecule has 110 valence electrons. The normalized spacial score (nSPS) is 11.1. The lowest BCUT2D eigenvalue weighted by atomic mass is 10.1. The van der Waals surface area contributed by atoms with Crippen molar-refractivity contribution in [2.45, 2.75) is 11.3 Å². The summed E-state index contributed by atoms with van der Waals surface area (Å²) in [6, 6.07) is 7.87. The van der Waals surface area contributed by atoms with Crippen LogP contribution in [0.3, 0.4) is 0 Å². The molecule has 1 heterocycles. The van der Waals surface area contributed by atoms with Crippen LogP contribution in [-0.2, 0) is 21.2 Å². The van der Waals surface area contributed by atoms with E-state index in [0.29, 0.717) is 5.56 Å². The van der Waals surface area contributed by atoms with E-state index in [1.54, 1.807) is 24.3 Å². The van der Waals surface area contributed by atoms with E-state index in [1.807, 2.05) is 0 Å². The first-order valence-electron chi connectivity index (χ1n) is 5.88. The van der Waals surface area contributed by atoms with Gasteiger partial charge in [-0.2, -0.15) is 0 Å². The van der Waals surface area contributed by atoms with Gasteiger partial charge in [-0.25, -0.2) is 8.42 Å². The second kappa shape index (κ2) is 6.11. The van der Waals surface area contributed by atoms with Crippen LogP contribution in [0.2, 0.25) is 5.02 Å². The molecule has 6 nitrogen and oxygen atoms in total. The predicted octanol–water partition coefficient (Wildman–Crippen LogP) is 1.56. The highest BCUT2D eigenvalue weighted by Gasteiger charge is 2.19. The molecular weight excluding hydrogens is 314 g/mol. The van der Waals surface area contributed by atoms with E-state index in [4.69, 9.17) is 17.3 Å². The highest BCUT2D eigenvalue weighted by molar-refractivity contribution is 7.92. The highest BCUT2D eigenvalue weighted by Crippen LogP contribution is 2.24. The van der Waals surface area contributed by atoms with E-state index in [-0.39, 0.29) is 22.0 Å². The second-order valence-corrected chi connectivity index (χ2v) is 6.27. The van der Waals surface area contributed by atoms with Crippen LogP contribution in [-0.4, -0.2) is 19.3 Å². The fourth-order valence-electron chi connectivity index (χ4n) is 1.72. The van der Waals surface area contributed by atoms with Crippen LogP contribution in [0.25, 0.3) is 0 Å². The standard InChI is InChI=1S/C13H12ClN3O3S/c14-10-5-6-16-8-12(10)21(19,20)17-11-4-2-1-3-9(11)7-13(15)18/h1-6,8,17H,7H2,(H2,15,18). The third-order valence-corrected chi connectivity index (χ3v) is 4.48. The zero-order valence-corrected chi connectivity index (χ0v) is 12.4. The van der Waals surface area contributed by atoms with Crippen molar-refractivity contribution in [1.29, 1.82) is 0 Å². The van der Waals surface area contributed by atoms with Crippen molar-refractivity contribution >= 4 is 33.2 Å². The van der Waals surface area contributed by atoms with Gasteiger partial charge in [-0.15, -0.1) is 0 Å². The van der Waals surface area contributed by atoms with Gasteiger partial charge in [-0.05, 0) is 17.7 Å². The number of carbonyl (C=O) groups is 1. The quantitative estimate of drug-likeness (QED) is 0.870. The molecule has 2 rings (SSSR count). The predicted molar refractivity (Wildman–Crippen MR) is 79.4 cm³/mol. The van der Waals surface area contributed by atoms with Crippen molar-refractivity contribution in [2.75, 3.05) is 4.72 Å². The number of rotatable bonds is 5. The van der Waals surface area contributed by atoms with E-state index in [0.717, 1.165) is 6.20 Å². The molecule has 0 fully saturated rings. The number of para-hydroxylation sites is 1. The first kappa shape index (κ1) is 15.3. The van der Waals surface area contributed by atoms with E-state index in [2.05, 4.69) is 9.71 Å². The Morgan fingerprint density at radius 1 is 1.29 bits per heavy atom. The highest BCUT2D eigenvalue weighted by atomic mass is 35.5. The lowest BCUT2D eigenvalue weighted by Crippen LogP contribution is -2.18. The number of benzene rings is 1. The molecule has 21 heavy (non-hydrogen) atoms. The minimum absolute atomic E-state index is 0.0601. The minimum atomic E-state index is -3.90. The van der Waals surface area contributed by atoms with Crippen molar-refractivity contribution in [3.8, 4) is 0 Å². The summed E-state index contributed by atoms with van der Waals surface area (Å²) in [7, 11) is -3.90. The molecule has 1 aromatic heterocycles. The van der Waals surface area contributed by atoms with Gasteiger partial charge >= 0.3 is 0 Å². The number of nitrogens with zero attached hydrogens (tertiary/aromatic N) is 1. The fourth-order valence-corrected chi connectivity index (χ4v) is 3.26.